The third kappa shape index (κ3) is 4.41. The van der Waals surface area contributed by atoms with Crippen LogP contribution in [0.2, 0.25) is 5.02 Å². The molecule has 2 aromatic rings. The second-order valence-electron chi connectivity index (χ2n) is 6.43. The van der Waals surface area contributed by atoms with Gasteiger partial charge in [-0.1, -0.05) is 17.7 Å². The van der Waals surface area contributed by atoms with Crippen LogP contribution in [-0.4, -0.2) is 34.8 Å². The summed E-state index contributed by atoms with van der Waals surface area (Å²) in [6.07, 6.45) is 1.80. The number of amides is 2. The van der Waals surface area contributed by atoms with Crippen molar-refractivity contribution in [2.75, 3.05) is 18.0 Å². The van der Waals surface area contributed by atoms with Crippen molar-refractivity contribution in [3.8, 4) is 0 Å². The molecule has 2 heterocycles. The Kier molecular flexibility index (Phi) is 5.90. The van der Waals surface area contributed by atoms with Crippen LogP contribution in [0.3, 0.4) is 0 Å². The topological polar surface area (TPSA) is 79.5 Å². The highest BCUT2D eigenvalue weighted by Crippen LogP contribution is 2.31. The summed E-state index contributed by atoms with van der Waals surface area (Å²) in [5.41, 5.74) is 7.01. The molecular weight excluding hydrogens is 372 g/mol. The molecule has 6 nitrogen and oxygen atoms in total. The van der Waals surface area contributed by atoms with Crippen LogP contribution in [0.1, 0.15) is 25.5 Å². The van der Waals surface area contributed by atoms with Crippen LogP contribution in [0.4, 0.5) is 10.8 Å². The van der Waals surface area contributed by atoms with E-state index in [9.17, 15) is 9.59 Å². The standard InChI is InChI=1S/C18H21ClN4O2S/c1-12(24)23(16-6-2-5-14(19)8-16)18-21-15(11-26-18)10-22-7-3-4-13(9-22)17(20)25/h2,5-6,8,11,13H,3-4,7,9-10H2,1H3,(H2,20,25)/t13-/m1/s1. The van der Waals surface area contributed by atoms with Crippen molar-refractivity contribution in [1.82, 2.24) is 9.88 Å². The Morgan fingerprint density at radius 3 is 2.96 bits per heavy atom. The Bertz CT molecular complexity index is 810. The number of hydrogen-bond acceptors (Lipinski definition) is 5. The summed E-state index contributed by atoms with van der Waals surface area (Å²) in [4.78, 5) is 32.0. The van der Waals surface area contributed by atoms with E-state index in [0.29, 0.717) is 28.9 Å². The third-order valence-electron chi connectivity index (χ3n) is 4.41. The van der Waals surface area contributed by atoms with Gasteiger partial charge < -0.3 is 5.73 Å². The summed E-state index contributed by atoms with van der Waals surface area (Å²) in [6, 6.07) is 7.14. The van der Waals surface area contributed by atoms with Crippen molar-refractivity contribution >= 4 is 45.6 Å². The Hall–Kier alpha value is -1.96. The van der Waals surface area contributed by atoms with E-state index >= 15 is 0 Å². The minimum Gasteiger partial charge on any atom is -0.369 e. The first-order valence-electron chi connectivity index (χ1n) is 8.46. The summed E-state index contributed by atoms with van der Waals surface area (Å²) < 4.78 is 0. The van der Waals surface area contributed by atoms with Crippen LogP contribution in [-0.2, 0) is 16.1 Å². The summed E-state index contributed by atoms with van der Waals surface area (Å²) in [5, 5.41) is 3.12. The van der Waals surface area contributed by atoms with Gasteiger partial charge in [0, 0.05) is 30.4 Å². The van der Waals surface area contributed by atoms with E-state index in [1.54, 1.807) is 23.1 Å². The predicted octanol–water partition coefficient (Wildman–Crippen LogP) is 3.18. The molecule has 1 aliphatic rings. The molecule has 2 N–H and O–H groups in total. The highest BCUT2D eigenvalue weighted by molar-refractivity contribution is 7.14. The number of carbonyl (C=O) groups excluding carboxylic acids is 2. The van der Waals surface area contributed by atoms with E-state index in [4.69, 9.17) is 17.3 Å². The number of benzene rings is 1. The van der Waals surface area contributed by atoms with E-state index in [2.05, 4.69) is 9.88 Å². The fourth-order valence-corrected chi connectivity index (χ4v) is 4.24. The normalized spacial score (nSPS) is 17.8. The van der Waals surface area contributed by atoms with Gasteiger partial charge in [0.15, 0.2) is 5.13 Å². The van der Waals surface area contributed by atoms with Gasteiger partial charge in [-0.25, -0.2) is 4.98 Å². The van der Waals surface area contributed by atoms with E-state index < -0.39 is 0 Å². The molecule has 0 unspecified atom stereocenters. The van der Waals surface area contributed by atoms with Crippen LogP contribution < -0.4 is 10.6 Å². The van der Waals surface area contributed by atoms with E-state index in [1.807, 2.05) is 11.4 Å². The van der Waals surface area contributed by atoms with Crippen LogP contribution in [0.5, 0.6) is 0 Å². The summed E-state index contributed by atoms with van der Waals surface area (Å²) >= 11 is 7.47. The number of aromatic nitrogens is 1. The van der Waals surface area contributed by atoms with Crippen LogP contribution in [0, 0.1) is 5.92 Å². The van der Waals surface area contributed by atoms with Crippen molar-refractivity contribution in [1.29, 1.82) is 0 Å². The van der Waals surface area contributed by atoms with Crippen molar-refractivity contribution in [2.45, 2.75) is 26.3 Å². The number of likely N-dealkylation sites (tertiary alicyclic amines) is 1. The monoisotopic (exact) mass is 392 g/mol. The number of rotatable bonds is 5. The zero-order chi connectivity index (χ0) is 18.7. The predicted molar refractivity (Wildman–Crippen MR) is 104 cm³/mol. The molecule has 1 aromatic heterocycles. The van der Waals surface area contributed by atoms with E-state index in [-0.39, 0.29) is 17.7 Å². The molecule has 0 bridgehead atoms. The number of nitrogens with two attached hydrogens (primary N) is 1. The van der Waals surface area contributed by atoms with Crippen LogP contribution in [0.25, 0.3) is 0 Å². The molecule has 26 heavy (non-hydrogen) atoms. The number of hydrogen-bond donors (Lipinski definition) is 1. The lowest BCUT2D eigenvalue weighted by Gasteiger charge is -2.30. The number of nitrogens with zero attached hydrogens (tertiary/aromatic N) is 3. The number of carbonyl (C=O) groups is 2. The van der Waals surface area contributed by atoms with Gasteiger partial charge >= 0.3 is 0 Å². The second-order valence-corrected chi connectivity index (χ2v) is 7.71. The molecule has 0 radical (unpaired) electrons. The minimum atomic E-state index is -0.239. The molecule has 0 aliphatic carbocycles. The van der Waals surface area contributed by atoms with Crippen molar-refractivity contribution < 1.29 is 9.59 Å². The molecule has 1 aliphatic heterocycles. The minimum absolute atomic E-state index is 0.0953. The molecule has 0 saturated carbocycles. The Morgan fingerprint density at radius 1 is 1.46 bits per heavy atom. The Balaban J connectivity index is 1.75. The van der Waals surface area contributed by atoms with Gasteiger partial charge in [-0.2, -0.15) is 0 Å². The highest BCUT2D eigenvalue weighted by Gasteiger charge is 2.25. The number of primary amides is 1. The number of thiazole rings is 1. The SMILES string of the molecule is CC(=O)N(c1cccc(Cl)c1)c1nc(CN2CCC[C@@H](C(N)=O)C2)cs1. The largest absolute Gasteiger partial charge is 0.369 e. The van der Waals surface area contributed by atoms with Gasteiger partial charge in [0.1, 0.15) is 0 Å². The maximum atomic E-state index is 12.2. The van der Waals surface area contributed by atoms with Crippen molar-refractivity contribution in [3.63, 3.8) is 0 Å². The van der Waals surface area contributed by atoms with Crippen LogP contribution >= 0.6 is 22.9 Å². The smallest absolute Gasteiger partial charge is 0.230 e. The first kappa shape index (κ1) is 18.8. The fourth-order valence-electron chi connectivity index (χ4n) is 3.17. The van der Waals surface area contributed by atoms with Gasteiger partial charge in [-0.15, -0.1) is 11.3 Å². The zero-order valence-corrected chi connectivity index (χ0v) is 16.1. The van der Waals surface area contributed by atoms with Crippen molar-refractivity contribution in [3.05, 3.63) is 40.4 Å². The lowest BCUT2D eigenvalue weighted by atomic mass is 9.97. The van der Waals surface area contributed by atoms with Crippen LogP contribution in [0.15, 0.2) is 29.6 Å². The summed E-state index contributed by atoms with van der Waals surface area (Å²) in [5.74, 6) is -0.459. The lowest BCUT2D eigenvalue weighted by Crippen LogP contribution is -2.40. The van der Waals surface area contributed by atoms with Gasteiger partial charge in [-0.05, 0) is 37.6 Å². The molecule has 1 aromatic carbocycles. The first-order chi connectivity index (χ1) is 12.4. The molecule has 138 valence electrons. The third-order valence-corrected chi connectivity index (χ3v) is 5.52. The van der Waals surface area contributed by atoms with E-state index in [1.165, 1.54) is 18.3 Å². The molecule has 1 fully saturated rings. The number of anilines is 2. The molecule has 1 saturated heterocycles. The van der Waals surface area contributed by atoms with Gasteiger partial charge in [0.2, 0.25) is 11.8 Å². The zero-order valence-electron chi connectivity index (χ0n) is 14.5. The average Bonchev–Trinajstić information content (AvgIpc) is 3.03. The summed E-state index contributed by atoms with van der Waals surface area (Å²) in [7, 11) is 0. The van der Waals surface area contributed by atoms with E-state index in [0.717, 1.165) is 25.1 Å². The first-order valence-corrected chi connectivity index (χ1v) is 9.72. The van der Waals surface area contributed by atoms with Gasteiger partial charge in [0.05, 0.1) is 17.3 Å². The van der Waals surface area contributed by atoms with Gasteiger partial charge in [-0.3, -0.25) is 19.4 Å². The quantitative estimate of drug-likeness (QED) is 0.847. The van der Waals surface area contributed by atoms with Crippen molar-refractivity contribution in [2.24, 2.45) is 11.7 Å². The maximum Gasteiger partial charge on any atom is 0.230 e. The molecule has 0 spiro atoms. The summed E-state index contributed by atoms with van der Waals surface area (Å²) in [6.45, 7) is 3.72. The second kappa shape index (κ2) is 8.16. The Morgan fingerprint density at radius 2 is 2.27 bits per heavy atom. The molecular formula is C18H21ClN4O2S. The maximum absolute atomic E-state index is 12.2. The highest BCUT2D eigenvalue weighted by atomic mass is 35.5. The molecule has 2 amide bonds. The number of piperidine rings is 1. The fraction of sp³-hybridized carbons (Fsp3) is 0.389. The van der Waals surface area contributed by atoms with Gasteiger partial charge in [0.25, 0.3) is 0 Å². The number of halogens is 1. The average molecular weight is 393 g/mol. The molecule has 8 heteroatoms. The molecule has 1 atom stereocenters. The molecule has 3 rings (SSSR count). The lowest BCUT2D eigenvalue weighted by molar-refractivity contribution is -0.123. The Labute approximate surface area is 161 Å².